The van der Waals surface area contributed by atoms with Gasteiger partial charge in [-0.1, -0.05) is 54.6 Å². The molecule has 1 aliphatic carbocycles. The summed E-state index contributed by atoms with van der Waals surface area (Å²) in [5, 5.41) is 16.3. The molecule has 4 N–H and O–H groups in total. The van der Waals surface area contributed by atoms with Crippen LogP contribution in [-0.2, 0) is 5.54 Å². The molecule has 1 aliphatic rings. The second-order valence-corrected chi connectivity index (χ2v) is 5.35. The third kappa shape index (κ3) is 2.28. The van der Waals surface area contributed by atoms with E-state index in [4.69, 9.17) is 16.6 Å². The zero-order chi connectivity index (χ0) is 14.2. The van der Waals surface area contributed by atoms with E-state index in [0.717, 1.165) is 29.5 Å². The SMILES string of the molecule is N=C(C(=N)c1ccc(C2(N)CC2)cc1)c1ccccc1. The molecule has 0 amide bonds. The lowest BCUT2D eigenvalue weighted by Gasteiger charge is -2.11. The van der Waals surface area contributed by atoms with Gasteiger partial charge in [0.15, 0.2) is 0 Å². The predicted molar refractivity (Wildman–Crippen MR) is 81.6 cm³/mol. The molecule has 0 aliphatic heterocycles. The van der Waals surface area contributed by atoms with Crippen LogP contribution in [0.2, 0.25) is 0 Å². The molecule has 0 heterocycles. The Hall–Kier alpha value is -2.26. The fourth-order valence-electron chi connectivity index (χ4n) is 2.29. The van der Waals surface area contributed by atoms with Crippen molar-refractivity contribution in [1.82, 2.24) is 0 Å². The van der Waals surface area contributed by atoms with Crippen LogP contribution in [0.3, 0.4) is 0 Å². The van der Waals surface area contributed by atoms with Gasteiger partial charge in [-0.2, -0.15) is 0 Å². The molecule has 3 nitrogen and oxygen atoms in total. The van der Waals surface area contributed by atoms with Gasteiger partial charge >= 0.3 is 0 Å². The first-order valence-electron chi connectivity index (χ1n) is 6.73. The molecule has 0 unspecified atom stereocenters. The summed E-state index contributed by atoms with van der Waals surface area (Å²) in [5.41, 5.74) is 9.13. The van der Waals surface area contributed by atoms with Crippen LogP contribution >= 0.6 is 0 Å². The maximum Gasteiger partial charge on any atom is 0.0867 e. The molecule has 0 bridgehead atoms. The number of hydrogen-bond donors (Lipinski definition) is 3. The summed E-state index contributed by atoms with van der Waals surface area (Å²) in [6, 6.07) is 17.1. The Morgan fingerprint density at radius 2 is 1.30 bits per heavy atom. The van der Waals surface area contributed by atoms with Crippen molar-refractivity contribution in [2.24, 2.45) is 5.73 Å². The van der Waals surface area contributed by atoms with Gasteiger partial charge in [-0.15, -0.1) is 0 Å². The van der Waals surface area contributed by atoms with Crippen molar-refractivity contribution in [2.45, 2.75) is 18.4 Å². The Kier molecular flexibility index (Phi) is 2.99. The second-order valence-electron chi connectivity index (χ2n) is 5.35. The largest absolute Gasteiger partial charge is 0.321 e. The highest BCUT2D eigenvalue weighted by Crippen LogP contribution is 2.42. The lowest BCUT2D eigenvalue weighted by Crippen LogP contribution is -2.19. The molecule has 3 heteroatoms. The summed E-state index contributed by atoms with van der Waals surface area (Å²) >= 11 is 0. The highest BCUT2D eigenvalue weighted by Gasteiger charge is 2.39. The van der Waals surface area contributed by atoms with E-state index >= 15 is 0 Å². The Morgan fingerprint density at radius 1 is 0.800 bits per heavy atom. The van der Waals surface area contributed by atoms with Crippen molar-refractivity contribution in [2.75, 3.05) is 0 Å². The zero-order valence-electron chi connectivity index (χ0n) is 11.2. The molecule has 0 spiro atoms. The average molecular weight is 263 g/mol. The van der Waals surface area contributed by atoms with Crippen molar-refractivity contribution < 1.29 is 0 Å². The lowest BCUT2D eigenvalue weighted by molar-refractivity contribution is 0.740. The first-order chi connectivity index (χ1) is 9.60. The van der Waals surface area contributed by atoms with E-state index in [2.05, 4.69) is 0 Å². The van der Waals surface area contributed by atoms with Gasteiger partial charge in [-0.25, -0.2) is 0 Å². The van der Waals surface area contributed by atoms with E-state index in [1.807, 2.05) is 54.6 Å². The first-order valence-corrected chi connectivity index (χ1v) is 6.73. The molecular weight excluding hydrogens is 246 g/mol. The molecule has 2 aromatic rings. The highest BCUT2D eigenvalue weighted by atomic mass is 14.8. The molecule has 1 fully saturated rings. The molecular formula is C17H17N3. The van der Waals surface area contributed by atoms with Crippen LogP contribution in [0.5, 0.6) is 0 Å². The summed E-state index contributed by atoms with van der Waals surface area (Å²) < 4.78 is 0. The summed E-state index contributed by atoms with van der Waals surface area (Å²) in [6.07, 6.45) is 2.06. The number of nitrogens with one attached hydrogen (secondary N) is 2. The van der Waals surface area contributed by atoms with E-state index in [-0.39, 0.29) is 17.0 Å². The number of nitrogens with two attached hydrogens (primary N) is 1. The van der Waals surface area contributed by atoms with Crippen LogP contribution in [0.25, 0.3) is 0 Å². The fourth-order valence-corrected chi connectivity index (χ4v) is 2.29. The maximum absolute atomic E-state index is 8.16. The minimum atomic E-state index is -0.145. The maximum atomic E-state index is 8.16. The van der Waals surface area contributed by atoms with Crippen LogP contribution in [0.1, 0.15) is 29.5 Å². The molecule has 1 saturated carbocycles. The minimum Gasteiger partial charge on any atom is -0.321 e. The van der Waals surface area contributed by atoms with Gasteiger partial charge in [0.1, 0.15) is 0 Å². The van der Waals surface area contributed by atoms with Gasteiger partial charge in [0.25, 0.3) is 0 Å². The van der Waals surface area contributed by atoms with Gasteiger partial charge < -0.3 is 5.73 Å². The van der Waals surface area contributed by atoms with Crippen molar-refractivity contribution in [3.63, 3.8) is 0 Å². The standard InChI is InChI=1S/C17H17N3/c18-15(12-4-2-1-3-5-12)16(19)13-6-8-14(9-7-13)17(20)10-11-17/h1-9,18-19H,10-11,20H2. The normalized spacial score (nSPS) is 15.7. The topological polar surface area (TPSA) is 73.7 Å². The van der Waals surface area contributed by atoms with Crippen LogP contribution in [0.4, 0.5) is 0 Å². The molecule has 0 atom stereocenters. The van der Waals surface area contributed by atoms with Crippen LogP contribution in [-0.4, -0.2) is 11.4 Å². The fraction of sp³-hybridized carbons (Fsp3) is 0.176. The Bertz CT molecular complexity index is 652. The molecule has 0 saturated heterocycles. The summed E-state index contributed by atoms with van der Waals surface area (Å²) in [6.45, 7) is 0. The quantitative estimate of drug-likeness (QED) is 0.729. The van der Waals surface area contributed by atoms with Gasteiger partial charge in [0.2, 0.25) is 0 Å². The third-order valence-electron chi connectivity index (χ3n) is 3.85. The van der Waals surface area contributed by atoms with Crippen molar-refractivity contribution >= 4 is 11.4 Å². The van der Waals surface area contributed by atoms with Crippen molar-refractivity contribution in [3.05, 3.63) is 71.3 Å². The lowest BCUT2D eigenvalue weighted by atomic mass is 9.97. The second kappa shape index (κ2) is 4.69. The average Bonchev–Trinajstić information content (AvgIpc) is 3.26. The minimum absolute atomic E-state index is 0.145. The van der Waals surface area contributed by atoms with E-state index in [9.17, 15) is 0 Å². The molecule has 0 radical (unpaired) electrons. The number of hydrogen-bond acceptors (Lipinski definition) is 3. The Morgan fingerprint density at radius 3 is 1.80 bits per heavy atom. The third-order valence-corrected chi connectivity index (χ3v) is 3.85. The molecule has 0 aromatic heterocycles. The van der Waals surface area contributed by atoms with Crippen molar-refractivity contribution in [3.8, 4) is 0 Å². The van der Waals surface area contributed by atoms with Gasteiger partial charge in [-0.3, -0.25) is 10.8 Å². The predicted octanol–water partition coefficient (Wildman–Crippen LogP) is 3.07. The first kappa shape index (κ1) is 12.8. The monoisotopic (exact) mass is 263 g/mol. The van der Waals surface area contributed by atoms with E-state index in [1.165, 1.54) is 0 Å². The van der Waals surface area contributed by atoms with E-state index in [1.54, 1.807) is 0 Å². The van der Waals surface area contributed by atoms with Gasteiger partial charge in [-0.05, 0) is 18.4 Å². The molecule has 3 rings (SSSR count). The van der Waals surface area contributed by atoms with Gasteiger partial charge in [0, 0.05) is 16.7 Å². The Labute approximate surface area is 118 Å². The van der Waals surface area contributed by atoms with Crippen molar-refractivity contribution in [1.29, 1.82) is 10.8 Å². The molecule has 2 aromatic carbocycles. The van der Waals surface area contributed by atoms with Gasteiger partial charge in [0.05, 0.1) is 11.4 Å². The number of rotatable bonds is 4. The van der Waals surface area contributed by atoms with Crippen LogP contribution in [0.15, 0.2) is 54.6 Å². The zero-order valence-corrected chi connectivity index (χ0v) is 11.2. The Balaban J connectivity index is 1.82. The number of benzene rings is 2. The smallest absolute Gasteiger partial charge is 0.0867 e. The summed E-state index contributed by atoms with van der Waals surface area (Å²) in [5.74, 6) is 0. The highest BCUT2D eigenvalue weighted by molar-refractivity contribution is 6.51. The summed E-state index contributed by atoms with van der Waals surface area (Å²) in [4.78, 5) is 0. The van der Waals surface area contributed by atoms with E-state index in [0.29, 0.717) is 0 Å². The molecule has 100 valence electrons. The molecule has 20 heavy (non-hydrogen) atoms. The van der Waals surface area contributed by atoms with Crippen LogP contribution in [0, 0.1) is 10.8 Å². The van der Waals surface area contributed by atoms with E-state index < -0.39 is 0 Å². The van der Waals surface area contributed by atoms with Crippen LogP contribution < -0.4 is 5.73 Å². The summed E-state index contributed by atoms with van der Waals surface area (Å²) in [7, 11) is 0.